The molecule has 3 aromatic rings. The van der Waals surface area contributed by atoms with Crippen molar-refractivity contribution >= 4 is 16.9 Å². The first-order valence-corrected chi connectivity index (χ1v) is 11.3. The van der Waals surface area contributed by atoms with Gasteiger partial charge in [0.25, 0.3) is 0 Å². The summed E-state index contributed by atoms with van der Waals surface area (Å²) in [6, 6.07) is 7.10. The number of alkyl halides is 1. The highest BCUT2D eigenvalue weighted by molar-refractivity contribution is 5.83. The molecule has 0 bridgehead atoms. The van der Waals surface area contributed by atoms with Crippen molar-refractivity contribution in [1.29, 1.82) is 0 Å². The Morgan fingerprint density at radius 2 is 2.18 bits per heavy atom. The number of hydrogen-bond acceptors (Lipinski definition) is 6. The van der Waals surface area contributed by atoms with E-state index in [1.165, 1.54) is 0 Å². The average Bonchev–Trinajstić information content (AvgIpc) is 2.87. The maximum atomic E-state index is 15.3. The summed E-state index contributed by atoms with van der Waals surface area (Å²) in [7, 11) is 1.57. The van der Waals surface area contributed by atoms with E-state index >= 15 is 4.39 Å². The van der Waals surface area contributed by atoms with E-state index in [9.17, 15) is 9.90 Å². The predicted octanol–water partition coefficient (Wildman–Crippen LogP) is 3.90. The summed E-state index contributed by atoms with van der Waals surface area (Å²) in [5.74, 6) is 5.18. The maximum absolute atomic E-state index is 15.3. The highest BCUT2D eigenvalue weighted by Gasteiger charge is 2.34. The second kappa shape index (κ2) is 11.0. The fourth-order valence-electron chi connectivity index (χ4n) is 4.51. The van der Waals surface area contributed by atoms with E-state index in [1.54, 1.807) is 50.1 Å². The van der Waals surface area contributed by atoms with Crippen LogP contribution < -0.4 is 4.74 Å². The molecule has 1 saturated heterocycles. The van der Waals surface area contributed by atoms with Crippen molar-refractivity contribution in [1.82, 2.24) is 19.9 Å². The number of benzene rings is 1. The van der Waals surface area contributed by atoms with Crippen LogP contribution in [0.25, 0.3) is 10.9 Å². The number of carbonyl (C=O) groups is 1. The van der Waals surface area contributed by atoms with Crippen LogP contribution in [0.4, 0.5) is 4.39 Å². The largest absolute Gasteiger partial charge is 0.497 e. The predicted molar refractivity (Wildman–Crippen MR) is 126 cm³/mol. The molecule has 1 N–H and O–H groups in total. The minimum Gasteiger partial charge on any atom is -0.497 e. The van der Waals surface area contributed by atoms with E-state index in [1.807, 2.05) is 11.0 Å². The molecular weight excluding hydrogens is 435 g/mol. The number of piperidine rings is 1. The molecule has 8 heteroatoms. The maximum Gasteiger partial charge on any atom is 0.308 e. The van der Waals surface area contributed by atoms with Crippen LogP contribution in [0.5, 0.6) is 5.75 Å². The van der Waals surface area contributed by atoms with Crippen molar-refractivity contribution in [3.05, 3.63) is 60.3 Å². The molecule has 3 atom stereocenters. The zero-order valence-electron chi connectivity index (χ0n) is 19.0. The van der Waals surface area contributed by atoms with Crippen molar-refractivity contribution in [2.45, 2.75) is 25.4 Å². The van der Waals surface area contributed by atoms with Crippen LogP contribution in [0, 0.1) is 23.7 Å². The molecule has 1 unspecified atom stereocenters. The molecule has 0 radical (unpaired) electrons. The molecule has 0 saturated carbocycles. The summed E-state index contributed by atoms with van der Waals surface area (Å²) >= 11 is 0. The summed E-state index contributed by atoms with van der Waals surface area (Å²) in [6.45, 7) is 1.60. The molecule has 1 aromatic carbocycles. The smallest absolute Gasteiger partial charge is 0.308 e. The lowest BCUT2D eigenvalue weighted by Crippen LogP contribution is -2.44. The van der Waals surface area contributed by atoms with Crippen LogP contribution in [-0.2, 0) is 4.79 Å². The lowest BCUT2D eigenvalue weighted by Gasteiger charge is -2.35. The van der Waals surface area contributed by atoms with Crippen molar-refractivity contribution in [2.75, 3.05) is 26.7 Å². The van der Waals surface area contributed by atoms with Gasteiger partial charge in [-0.1, -0.05) is 5.92 Å². The van der Waals surface area contributed by atoms with E-state index < -0.39 is 18.1 Å². The second-order valence-electron chi connectivity index (χ2n) is 8.45. The Labute approximate surface area is 198 Å². The number of rotatable bonds is 7. The number of halogens is 1. The van der Waals surface area contributed by atoms with Crippen LogP contribution in [0.2, 0.25) is 0 Å². The SMILES string of the molecule is COc1ccc2nccc(C(F)CC[C@@H]3CCN(CC#Cc4cnccn4)C[C@@H]3C(=O)O)c2c1. The Morgan fingerprint density at radius 3 is 2.94 bits per heavy atom. The molecule has 3 heterocycles. The Kier molecular flexibility index (Phi) is 7.65. The van der Waals surface area contributed by atoms with Gasteiger partial charge in [0.15, 0.2) is 0 Å². The van der Waals surface area contributed by atoms with E-state index in [2.05, 4.69) is 26.8 Å². The Hall–Kier alpha value is -3.57. The Bertz CT molecular complexity index is 1190. The van der Waals surface area contributed by atoms with Gasteiger partial charge in [-0.25, -0.2) is 9.37 Å². The summed E-state index contributed by atoms with van der Waals surface area (Å²) in [4.78, 5) is 26.4. The third-order valence-corrected chi connectivity index (χ3v) is 6.35. The van der Waals surface area contributed by atoms with Crippen LogP contribution in [-0.4, -0.2) is 57.7 Å². The topological polar surface area (TPSA) is 88.4 Å². The van der Waals surface area contributed by atoms with Gasteiger partial charge in [0.05, 0.1) is 31.3 Å². The van der Waals surface area contributed by atoms with Crippen LogP contribution in [0.1, 0.15) is 36.7 Å². The molecule has 2 aromatic heterocycles. The van der Waals surface area contributed by atoms with Gasteiger partial charge in [-0.3, -0.25) is 19.7 Å². The zero-order valence-corrected chi connectivity index (χ0v) is 19.0. The minimum atomic E-state index is -1.21. The molecule has 1 fully saturated rings. The summed E-state index contributed by atoms with van der Waals surface area (Å²) in [5, 5.41) is 10.5. The third-order valence-electron chi connectivity index (χ3n) is 6.35. The van der Waals surface area contributed by atoms with Crippen molar-refractivity contribution in [2.24, 2.45) is 11.8 Å². The quantitative estimate of drug-likeness (QED) is 0.533. The van der Waals surface area contributed by atoms with Crippen molar-refractivity contribution < 1.29 is 19.0 Å². The number of aromatic nitrogens is 3. The number of ether oxygens (including phenoxy) is 1. The summed E-state index contributed by atoms with van der Waals surface area (Å²) < 4.78 is 20.6. The Balaban J connectivity index is 1.38. The van der Waals surface area contributed by atoms with Crippen molar-refractivity contribution in [3.63, 3.8) is 0 Å². The number of hydrogen-bond donors (Lipinski definition) is 1. The molecule has 1 aliphatic heterocycles. The van der Waals surface area contributed by atoms with E-state index in [0.29, 0.717) is 48.5 Å². The van der Waals surface area contributed by atoms with Gasteiger partial charge in [0, 0.05) is 30.5 Å². The normalized spacial score (nSPS) is 19.2. The number of carboxylic acids is 1. The second-order valence-corrected chi connectivity index (χ2v) is 8.45. The average molecular weight is 463 g/mol. The zero-order chi connectivity index (χ0) is 23.9. The van der Waals surface area contributed by atoms with Gasteiger partial charge in [-0.05, 0) is 67.5 Å². The molecule has 0 spiro atoms. The summed E-state index contributed by atoms with van der Waals surface area (Å²) in [5.41, 5.74) is 1.86. The molecule has 7 nitrogen and oxygen atoms in total. The van der Waals surface area contributed by atoms with Gasteiger partial charge < -0.3 is 9.84 Å². The third kappa shape index (κ3) is 5.67. The number of pyridine rings is 1. The van der Waals surface area contributed by atoms with Crippen LogP contribution in [0.3, 0.4) is 0 Å². The van der Waals surface area contributed by atoms with Crippen LogP contribution in [0.15, 0.2) is 49.1 Å². The summed E-state index contributed by atoms with van der Waals surface area (Å²) in [6.07, 6.45) is 6.63. The van der Waals surface area contributed by atoms with Crippen molar-refractivity contribution in [3.8, 4) is 17.6 Å². The molecule has 176 valence electrons. The van der Waals surface area contributed by atoms with E-state index in [-0.39, 0.29) is 12.3 Å². The lowest BCUT2D eigenvalue weighted by molar-refractivity contribution is -0.146. The monoisotopic (exact) mass is 462 g/mol. The van der Waals surface area contributed by atoms with E-state index in [0.717, 1.165) is 11.9 Å². The fourth-order valence-corrected chi connectivity index (χ4v) is 4.51. The van der Waals surface area contributed by atoms with Gasteiger partial charge in [-0.2, -0.15) is 0 Å². The first kappa shape index (κ1) is 23.6. The number of carboxylic acid groups (broad SMARTS) is 1. The molecule has 0 amide bonds. The number of methoxy groups -OCH3 is 1. The van der Waals surface area contributed by atoms with Crippen LogP contribution >= 0.6 is 0 Å². The lowest BCUT2D eigenvalue weighted by atomic mass is 9.81. The minimum absolute atomic E-state index is 0.0809. The fraction of sp³-hybridized carbons (Fsp3) is 0.385. The first-order valence-electron chi connectivity index (χ1n) is 11.3. The van der Waals surface area contributed by atoms with E-state index in [4.69, 9.17) is 4.74 Å². The number of fused-ring (bicyclic) bond motifs is 1. The van der Waals surface area contributed by atoms with Gasteiger partial charge in [0.2, 0.25) is 0 Å². The number of nitrogens with zero attached hydrogens (tertiary/aromatic N) is 4. The molecule has 4 rings (SSSR count). The van der Waals surface area contributed by atoms with Gasteiger partial charge in [0.1, 0.15) is 17.6 Å². The molecular formula is C26H27FN4O3. The first-order chi connectivity index (χ1) is 16.5. The standard InChI is InChI=1S/C26H27FN4O3/c1-34-20-5-7-25-22(15-20)21(8-10-30-25)24(27)6-4-18-9-14-31(17-23(18)26(32)33)13-2-3-19-16-28-11-12-29-19/h5,7-8,10-12,15-16,18,23-24H,4,6,9,13-14,17H2,1H3,(H,32,33)/t18-,23+,24?/m1/s1. The number of aliphatic carboxylic acids is 1. The molecule has 34 heavy (non-hydrogen) atoms. The Morgan fingerprint density at radius 1 is 1.29 bits per heavy atom. The van der Waals surface area contributed by atoms with Gasteiger partial charge in [-0.15, -0.1) is 0 Å². The molecule has 1 aliphatic rings. The number of likely N-dealkylation sites (tertiary alicyclic amines) is 1. The highest BCUT2D eigenvalue weighted by Crippen LogP contribution is 2.35. The molecule has 0 aliphatic carbocycles. The highest BCUT2D eigenvalue weighted by atomic mass is 19.1. The van der Waals surface area contributed by atoms with Gasteiger partial charge >= 0.3 is 5.97 Å².